The van der Waals surface area contributed by atoms with E-state index in [2.05, 4.69) is 31.3 Å². The average molecular weight is 623 g/mol. The minimum atomic E-state index is -3.82. The van der Waals surface area contributed by atoms with Crippen LogP contribution in [0, 0.1) is 6.92 Å². The molecule has 8 heteroatoms. The molecule has 1 atom stereocenters. The number of aliphatic hydroxyl groups is 1. The van der Waals surface area contributed by atoms with Crippen LogP contribution in [0.3, 0.4) is 0 Å². The first-order chi connectivity index (χ1) is 20.8. The van der Waals surface area contributed by atoms with Gasteiger partial charge < -0.3 is 15.5 Å². The van der Waals surface area contributed by atoms with E-state index >= 15 is 0 Å². The predicted molar refractivity (Wildman–Crippen MR) is 180 cm³/mol. The van der Waals surface area contributed by atoms with Gasteiger partial charge in [-0.25, -0.2) is 8.42 Å². The van der Waals surface area contributed by atoms with Crippen LogP contribution in [0.15, 0.2) is 89.8 Å². The van der Waals surface area contributed by atoms with Crippen LogP contribution < -0.4 is 5.32 Å². The smallest absolute Gasteiger partial charge is 0.303 e. The van der Waals surface area contributed by atoms with Crippen molar-refractivity contribution in [2.75, 3.05) is 20.1 Å². The van der Waals surface area contributed by atoms with E-state index in [1.54, 1.807) is 18.2 Å². The zero-order valence-corrected chi connectivity index (χ0v) is 27.9. The summed E-state index contributed by atoms with van der Waals surface area (Å²) in [6.07, 6.45) is 6.47. The lowest BCUT2D eigenvalue weighted by Crippen LogP contribution is -2.46. The number of aliphatic carboxylic acids is 1. The number of carbonyl (C=O) groups is 1. The van der Waals surface area contributed by atoms with Gasteiger partial charge in [0.1, 0.15) is 0 Å². The summed E-state index contributed by atoms with van der Waals surface area (Å²) in [5, 5.41) is 23.1. The Balaban J connectivity index is 0.00000159. The van der Waals surface area contributed by atoms with Crippen molar-refractivity contribution in [1.29, 1.82) is 0 Å². The molecule has 0 aliphatic heterocycles. The largest absolute Gasteiger partial charge is 0.481 e. The number of benzene rings is 3. The van der Waals surface area contributed by atoms with E-state index in [1.165, 1.54) is 16.9 Å². The number of carboxylic acids is 1. The van der Waals surface area contributed by atoms with Gasteiger partial charge in [0.2, 0.25) is 10.0 Å². The van der Waals surface area contributed by atoms with Crippen molar-refractivity contribution in [3.8, 4) is 11.1 Å². The molecule has 0 fully saturated rings. The molecule has 3 aromatic rings. The second kappa shape index (κ2) is 17.9. The molecule has 3 N–H and O–H groups in total. The molecule has 0 amide bonds. The predicted octanol–water partition coefficient (Wildman–Crippen LogP) is 6.63. The van der Waals surface area contributed by atoms with E-state index in [0.717, 1.165) is 41.5 Å². The van der Waals surface area contributed by atoms with E-state index < -0.39 is 22.1 Å². The van der Waals surface area contributed by atoms with E-state index in [-0.39, 0.29) is 29.9 Å². The standard InChI is InChI=1S/C32H42N2O5S.C4H8/c1-24-21-28(17-18-29(24)30-15-9-8-14-26(30)16-19-31(36)37)40(38,39)34(4)23-27(35)22-33-32(2,3)20-10-13-25-11-6-5-7-12-25;1-3-4-2/h5-9,11-12,14-15,17-18,21,27,33,35H,10,13,16,19-20,22-23H2,1-4H3,(H,36,37);3-4H,1-2H3/b;4-3-. The molecule has 3 rings (SSSR count). The highest BCUT2D eigenvalue weighted by Crippen LogP contribution is 2.30. The summed E-state index contributed by atoms with van der Waals surface area (Å²) < 4.78 is 27.8. The molecule has 0 saturated heterocycles. The number of likely N-dealkylation sites (N-methyl/N-ethyl adjacent to an activating group) is 1. The number of aliphatic hydroxyl groups excluding tert-OH is 1. The van der Waals surface area contributed by atoms with E-state index in [0.29, 0.717) is 6.42 Å². The van der Waals surface area contributed by atoms with Crippen LogP contribution in [0.5, 0.6) is 0 Å². The molecule has 44 heavy (non-hydrogen) atoms. The third kappa shape index (κ3) is 12.0. The number of rotatable bonds is 15. The summed E-state index contributed by atoms with van der Waals surface area (Å²) in [5.74, 6) is -0.861. The zero-order valence-electron chi connectivity index (χ0n) is 27.1. The molecule has 7 nitrogen and oxygen atoms in total. The summed E-state index contributed by atoms with van der Waals surface area (Å²) >= 11 is 0. The van der Waals surface area contributed by atoms with Crippen molar-refractivity contribution >= 4 is 16.0 Å². The van der Waals surface area contributed by atoms with Gasteiger partial charge >= 0.3 is 5.97 Å². The van der Waals surface area contributed by atoms with E-state index in [1.807, 2.05) is 75.4 Å². The van der Waals surface area contributed by atoms with Gasteiger partial charge in [0.15, 0.2) is 0 Å². The van der Waals surface area contributed by atoms with Crippen molar-refractivity contribution in [3.63, 3.8) is 0 Å². The Hall–Kier alpha value is -3.30. The lowest BCUT2D eigenvalue weighted by Gasteiger charge is -2.29. The third-order valence-electron chi connectivity index (χ3n) is 7.55. The number of nitrogens with one attached hydrogen (secondary N) is 1. The van der Waals surface area contributed by atoms with Crippen LogP contribution in [0.1, 0.15) is 63.6 Å². The maximum absolute atomic E-state index is 13.3. The summed E-state index contributed by atoms with van der Waals surface area (Å²) in [4.78, 5) is 11.2. The van der Waals surface area contributed by atoms with Gasteiger partial charge in [0, 0.05) is 32.1 Å². The summed E-state index contributed by atoms with van der Waals surface area (Å²) in [6, 6.07) is 22.9. The molecule has 1 unspecified atom stereocenters. The first kappa shape index (κ1) is 36.9. The molecule has 0 aliphatic rings. The second-order valence-corrected chi connectivity index (χ2v) is 13.8. The van der Waals surface area contributed by atoms with Gasteiger partial charge in [0.05, 0.1) is 11.0 Å². The topological polar surface area (TPSA) is 107 Å². The van der Waals surface area contributed by atoms with Crippen LogP contribution in [0.2, 0.25) is 0 Å². The number of nitrogens with zero attached hydrogens (tertiary/aromatic N) is 1. The second-order valence-electron chi connectivity index (χ2n) is 11.7. The molecule has 0 bridgehead atoms. The van der Waals surface area contributed by atoms with Crippen LogP contribution in [-0.4, -0.2) is 60.7 Å². The van der Waals surface area contributed by atoms with E-state index in [9.17, 15) is 18.3 Å². The molecule has 0 heterocycles. The minimum Gasteiger partial charge on any atom is -0.481 e. The molecule has 0 radical (unpaired) electrons. The monoisotopic (exact) mass is 622 g/mol. The molecule has 0 aliphatic carbocycles. The fraction of sp³-hybridized carbons (Fsp3) is 0.417. The van der Waals surface area contributed by atoms with Crippen molar-refractivity contribution < 1.29 is 23.4 Å². The maximum atomic E-state index is 13.3. The number of β-amino-alcohol motifs (C(OH)–C–C–N with tert-alkyl or cyclic N) is 1. The number of allylic oxidation sites excluding steroid dienone is 2. The molecular formula is C36H50N2O5S. The van der Waals surface area contributed by atoms with Gasteiger partial charge in [-0.2, -0.15) is 4.31 Å². The summed E-state index contributed by atoms with van der Waals surface area (Å²) in [5.41, 5.74) is 4.54. The number of carboxylic acid groups (broad SMARTS) is 1. The van der Waals surface area contributed by atoms with Gasteiger partial charge in [-0.3, -0.25) is 4.79 Å². The van der Waals surface area contributed by atoms with Gasteiger partial charge in [0.25, 0.3) is 0 Å². The Labute approximate surface area is 264 Å². The number of aryl methyl sites for hydroxylation is 3. The Morgan fingerprint density at radius 1 is 0.955 bits per heavy atom. The van der Waals surface area contributed by atoms with Crippen LogP contribution >= 0.6 is 0 Å². The number of sulfonamides is 1. The van der Waals surface area contributed by atoms with E-state index in [4.69, 9.17) is 5.11 Å². The Kier molecular flexibility index (Phi) is 15.0. The first-order valence-electron chi connectivity index (χ1n) is 15.2. The first-order valence-corrected chi connectivity index (χ1v) is 16.7. The highest BCUT2D eigenvalue weighted by molar-refractivity contribution is 7.89. The Morgan fingerprint density at radius 2 is 1.59 bits per heavy atom. The Morgan fingerprint density at radius 3 is 2.20 bits per heavy atom. The van der Waals surface area contributed by atoms with Crippen LogP contribution in [0.4, 0.5) is 0 Å². The normalized spacial score (nSPS) is 12.6. The molecule has 3 aromatic carbocycles. The number of hydrogen-bond donors (Lipinski definition) is 3. The molecule has 0 spiro atoms. The lowest BCUT2D eigenvalue weighted by atomic mass is 9.94. The molecule has 240 valence electrons. The third-order valence-corrected chi connectivity index (χ3v) is 9.37. The SMILES string of the molecule is C/C=C\C.Cc1cc(S(=O)(=O)N(C)CC(O)CNC(C)(C)CCCc2ccccc2)ccc1-c1ccccc1CCC(=O)O. The van der Waals surface area contributed by atoms with Crippen molar-refractivity contribution in [2.45, 2.75) is 83.3 Å². The quantitative estimate of drug-likeness (QED) is 0.164. The van der Waals surface area contributed by atoms with Crippen LogP contribution in [-0.2, 0) is 27.7 Å². The minimum absolute atomic E-state index is 0.0232. The highest BCUT2D eigenvalue weighted by Gasteiger charge is 2.25. The zero-order chi connectivity index (χ0) is 32.8. The molecule has 0 aromatic heterocycles. The van der Waals surface area contributed by atoms with Gasteiger partial charge in [-0.1, -0.05) is 72.8 Å². The van der Waals surface area contributed by atoms with Gasteiger partial charge in [-0.15, -0.1) is 0 Å². The summed E-state index contributed by atoms with van der Waals surface area (Å²) in [6.45, 7) is 10.3. The number of hydrogen-bond acceptors (Lipinski definition) is 5. The molecule has 0 saturated carbocycles. The summed E-state index contributed by atoms with van der Waals surface area (Å²) in [7, 11) is -2.34. The van der Waals surface area contributed by atoms with Crippen molar-refractivity contribution in [3.05, 3.63) is 102 Å². The molecular weight excluding hydrogens is 572 g/mol. The van der Waals surface area contributed by atoms with Gasteiger partial charge in [-0.05, 0) is 100 Å². The maximum Gasteiger partial charge on any atom is 0.303 e. The average Bonchev–Trinajstić information content (AvgIpc) is 2.99. The van der Waals surface area contributed by atoms with Crippen molar-refractivity contribution in [2.24, 2.45) is 0 Å². The lowest BCUT2D eigenvalue weighted by molar-refractivity contribution is -0.136. The van der Waals surface area contributed by atoms with Crippen molar-refractivity contribution in [1.82, 2.24) is 9.62 Å². The Bertz CT molecular complexity index is 1450. The fourth-order valence-electron chi connectivity index (χ4n) is 4.84. The highest BCUT2D eigenvalue weighted by atomic mass is 32.2. The fourth-order valence-corrected chi connectivity index (χ4v) is 6.14. The van der Waals surface area contributed by atoms with Crippen LogP contribution in [0.25, 0.3) is 11.1 Å².